The van der Waals surface area contributed by atoms with Gasteiger partial charge >= 0.3 is 0 Å². The molecule has 7 heteroatoms. The van der Waals surface area contributed by atoms with Crippen LogP contribution in [0.5, 0.6) is 11.5 Å². The number of aliphatic hydroxyl groups excluding tert-OH is 2. The van der Waals surface area contributed by atoms with Gasteiger partial charge in [0.1, 0.15) is 18.1 Å². The number of ether oxygens (including phenoxy) is 2. The lowest BCUT2D eigenvalue weighted by molar-refractivity contribution is 0.156. The summed E-state index contributed by atoms with van der Waals surface area (Å²) in [4.78, 5) is 4.49. The molecule has 0 aliphatic carbocycles. The molecular formula is C31H39N3O4. The van der Waals surface area contributed by atoms with Gasteiger partial charge in [0.05, 0.1) is 26.5 Å². The predicted molar refractivity (Wildman–Crippen MR) is 151 cm³/mol. The highest BCUT2D eigenvalue weighted by atomic mass is 16.5. The molecule has 38 heavy (non-hydrogen) atoms. The van der Waals surface area contributed by atoms with E-state index in [9.17, 15) is 10.2 Å². The van der Waals surface area contributed by atoms with Crippen molar-refractivity contribution in [1.82, 2.24) is 10.2 Å². The van der Waals surface area contributed by atoms with Crippen LogP contribution in [0.2, 0.25) is 0 Å². The third-order valence-electron chi connectivity index (χ3n) is 6.87. The number of rotatable bonds is 13. The quantitative estimate of drug-likeness (QED) is 0.300. The van der Waals surface area contributed by atoms with Crippen LogP contribution in [-0.2, 0) is 13.2 Å². The maximum Gasteiger partial charge on any atom is 0.125 e. The van der Waals surface area contributed by atoms with Gasteiger partial charge < -0.3 is 34.8 Å². The summed E-state index contributed by atoms with van der Waals surface area (Å²) in [5.41, 5.74) is 3.44. The molecular weight excluding hydrogens is 478 g/mol. The second-order valence-corrected chi connectivity index (χ2v) is 10.2. The Kier molecular flexibility index (Phi) is 9.29. The summed E-state index contributed by atoms with van der Waals surface area (Å²) in [6, 6.07) is 23.5. The summed E-state index contributed by atoms with van der Waals surface area (Å²) >= 11 is 0. The summed E-state index contributed by atoms with van der Waals surface area (Å²) in [7, 11) is 1.67. The maximum absolute atomic E-state index is 10.9. The fourth-order valence-corrected chi connectivity index (χ4v) is 4.36. The molecule has 1 atom stereocenters. The van der Waals surface area contributed by atoms with Gasteiger partial charge in [0, 0.05) is 42.3 Å². The van der Waals surface area contributed by atoms with Gasteiger partial charge in [-0.3, -0.25) is 0 Å². The van der Waals surface area contributed by atoms with E-state index in [0.717, 1.165) is 42.2 Å². The molecule has 0 bridgehead atoms. The molecule has 0 radical (unpaired) electrons. The van der Waals surface area contributed by atoms with Gasteiger partial charge in [-0.2, -0.15) is 0 Å². The Bertz CT molecular complexity index is 1180. The number of hydrogen-bond donors (Lipinski definition) is 3. The van der Waals surface area contributed by atoms with Crippen molar-refractivity contribution in [3.05, 3.63) is 102 Å². The smallest absolute Gasteiger partial charge is 0.125 e. The Hall–Kier alpha value is -3.52. The Labute approximate surface area is 225 Å². The summed E-state index contributed by atoms with van der Waals surface area (Å²) in [6.45, 7) is 6.68. The fraction of sp³-hybridized carbons (Fsp3) is 0.355. The van der Waals surface area contributed by atoms with Crippen LogP contribution >= 0.6 is 0 Å². The second kappa shape index (κ2) is 12.8. The van der Waals surface area contributed by atoms with Crippen LogP contribution in [0.25, 0.3) is 0 Å². The van der Waals surface area contributed by atoms with Crippen molar-refractivity contribution < 1.29 is 19.7 Å². The van der Waals surface area contributed by atoms with Gasteiger partial charge in [-0.25, -0.2) is 0 Å². The van der Waals surface area contributed by atoms with Crippen LogP contribution in [0.1, 0.15) is 43.1 Å². The Morgan fingerprint density at radius 1 is 1.00 bits per heavy atom. The molecule has 0 saturated heterocycles. The van der Waals surface area contributed by atoms with E-state index in [1.807, 2.05) is 60.7 Å². The topological polar surface area (TPSA) is 77.4 Å². The lowest BCUT2D eigenvalue weighted by Gasteiger charge is -2.30. The van der Waals surface area contributed by atoms with E-state index in [2.05, 4.69) is 53.5 Å². The minimum atomic E-state index is -0.694. The Morgan fingerprint density at radius 3 is 2.47 bits per heavy atom. The van der Waals surface area contributed by atoms with Crippen molar-refractivity contribution in [2.75, 3.05) is 31.8 Å². The van der Waals surface area contributed by atoms with Crippen molar-refractivity contribution in [2.24, 2.45) is 0 Å². The number of anilines is 1. The van der Waals surface area contributed by atoms with E-state index in [-0.39, 0.29) is 12.1 Å². The monoisotopic (exact) mass is 517 g/mol. The third kappa shape index (κ3) is 7.51. The van der Waals surface area contributed by atoms with Crippen molar-refractivity contribution >= 4 is 5.69 Å². The molecule has 0 spiro atoms. The van der Waals surface area contributed by atoms with E-state index >= 15 is 0 Å². The van der Waals surface area contributed by atoms with Crippen molar-refractivity contribution in [3.63, 3.8) is 0 Å². The molecule has 4 rings (SSSR count). The standard InChI is InChI=1S/C31H39N3O4/c1-31(2,15-16-33-17-18-34(23-33)27-10-12-28(37-3)13-11-27)32-20-29(36)25-9-14-30(26(19-25)21-35)38-22-24-7-5-4-6-8-24/h4-14,17-19,29,32,35-36H,15-16,20-23H2,1-3H3. The number of nitrogens with one attached hydrogen (secondary N) is 1. The summed E-state index contributed by atoms with van der Waals surface area (Å²) in [5.74, 6) is 1.48. The zero-order valence-electron chi connectivity index (χ0n) is 22.5. The molecule has 0 saturated carbocycles. The van der Waals surface area contributed by atoms with Gasteiger partial charge in [0.15, 0.2) is 0 Å². The highest BCUT2D eigenvalue weighted by molar-refractivity contribution is 5.52. The van der Waals surface area contributed by atoms with Crippen LogP contribution in [0.15, 0.2) is 85.2 Å². The number of β-amino-alcohol motifs (C(OH)–C–C–N with tert-alkyl or cyclic N) is 1. The van der Waals surface area contributed by atoms with Crippen LogP contribution in [0, 0.1) is 0 Å². The number of benzene rings is 3. The molecule has 3 N–H and O–H groups in total. The van der Waals surface area contributed by atoms with E-state index in [1.165, 1.54) is 0 Å². The Balaban J connectivity index is 1.24. The first-order valence-electron chi connectivity index (χ1n) is 13.0. The van der Waals surface area contributed by atoms with Crippen LogP contribution in [0.3, 0.4) is 0 Å². The first-order valence-corrected chi connectivity index (χ1v) is 13.0. The van der Waals surface area contributed by atoms with E-state index in [0.29, 0.717) is 24.5 Å². The molecule has 0 fully saturated rings. The van der Waals surface area contributed by atoms with Crippen LogP contribution < -0.4 is 19.7 Å². The predicted octanol–water partition coefficient (Wildman–Crippen LogP) is 4.81. The van der Waals surface area contributed by atoms with E-state index < -0.39 is 6.10 Å². The normalized spacial score (nSPS) is 14.1. The van der Waals surface area contributed by atoms with Gasteiger partial charge in [-0.15, -0.1) is 0 Å². The highest BCUT2D eigenvalue weighted by Crippen LogP contribution is 2.26. The minimum absolute atomic E-state index is 0.152. The van der Waals surface area contributed by atoms with Crippen molar-refractivity contribution in [2.45, 2.75) is 45.1 Å². The molecule has 0 aromatic heterocycles. The zero-order valence-corrected chi connectivity index (χ0v) is 22.5. The van der Waals surface area contributed by atoms with Crippen molar-refractivity contribution in [3.8, 4) is 11.5 Å². The van der Waals surface area contributed by atoms with Crippen molar-refractivity contribution in [1.29, 1.82) is 0 Å². The third-order valence-corrected chi connectivity index (χ3v) is 6.87. The minimum Gasteiger partial charge on any atom is -0.497 e. The molecule has 3 aromatic carbocycles. The number of methoxy groups -OCH3 is 1. The first-order chi connectivity index (χ1) is 18.4. The maximum atomic E-state index is 10.9. The molecule has 0 amide bonds. The zero-order chi connectivity index (χ0) is 27.0. The second-order valence-electron chi connectivity index (χ2n) is 10.2. The van der Waals surface area contributed by atoms with Gasteiger partial charge in [0.2, 0.25) is 0 Å². The first kappa shape index (κ1) is 27.5. The molecule has 1 aliphatic heterocycles. The molecule has 3 aromatic rings. The lowest BCUT2D eigenvalue weighted by atomic mass is 9.99. The highest BCUT2D eigenvalue weighted by Gasteiger charge is 2.22. The van der Waals surface area contributed by atoms with Crippen LogP contribution in [-0.4, -0.2) is 47.5 Å². The van der Waals surface area contributed by atoms with E-state index in [4.69, 9.17) is 9.47 Å². The number of aliphatic hydroxyl groups is 2. The number of nitrogens with zero attached hydrogens (tertiary/aromatic N) is 2. The van der Waals surface area contributed by atoms with Gasteiger partial charge in [0.25, 0.3) is 0 Å². The molecule has 7 nitrogen and oxygen atoms in total. The average molecular weight is 518 g/mol. The SMILES string of the molecule is COc1ccc(N2C=CN(CCC(C)(C)NCC(O)c3ccc(OCc4ccccc4)c(CO)c3)C2)cc1. The summed E-state index contributed by atoms with van der Waals surface area (Å²) < 4.78 is 11.2. The number of hydrogen-bond acceptors (Lipinski definition) is 7. The molecule has 1 heterocycles. The molecule has 1 unspecified atom stereocenters. The lowest BCUT2D eigenvalue weighted by Crippen LogP contribution is -2.44. The summed E-state index contributed by atoms with van der Waals surface area (Å²) in [5, 5.41) is 24.2. The van der Waals surface area contributed by atoms with Gasteiger partial charge in [-0.05, 0) is 67.8 Å². The van der Waals surface area contributed by atoms with Crippen LogP contribution in [0.4, 0.5) is 5.69 Å². The Morgan fingerprint density at radius 2 is 1.76 bits per heavy atom. The fourth-order valence-electron chi connectivity index (χ4n) is 4.36. The molecule has 202 valence electrons. The van der Waals surface area contributed by atoms with Gasteiger partial charge in [-0.1, -0.05) is 36.4 Å². The average Bonchev–Trinajstić information content (AvgIpc) is 3.43. The largest absolute Gasteiger partial charge is 0.497 e. The van der Waals surface area contributed by atoms with E-state index in [1.54, 1.807) is 7.11 Å². The molecule has 1 aliphatic rings. The summed E-state index contributed by atoms with van der Waals surface area (Å²) in [6.07, 6.45) is 4.43.